The van der Waals surface area contributed by atoms with Gasteiger partial charge in [0.25, 0.3) is 0 Å². The highest BCUT2D eigenvalue weighted by Gasteiger charge is 2.21. The van der Waals surface area contributed by atoms with E-state index < -0.39 is 16.0 Å². The Balaban J connectivity index is 3.06. The number of aromatic carboxylic acids is 1. The number of hydrogen-bond acceptors (Lipinski definition) is 5. The maximum atomic E-state index is 12.0. The van der Waals surface area contributed by atoms with Crippen molar-refractivity contribution in [3.63, 3.8) is 0 Å². The van der Waals surface area contributed by atoms with Crippen LogP contribution in [0.3, 0.4) is 0 Å². The average molecular weight is 317 g/mol. The van der Waals surface area contributed by atoms with E-state index in [1.165, 1.54) is 26.2 Å². The van der Waals surface area contributed by atoms with E-state index in [9.17, 15) is 18.3 Å². The van der Waals surface area contributed by atoms with Gasteiger partial charge in [0, 0.05) is 20.7 Å². The summed E-state index contributed by atoms with van der Waals surface area (Å²) in [5.74, 6) is -1.14. The third-order valence-electron chi connectivity index (χ3n) is 2.65. The van der Waals surface area contributed by atoms with Gasteiger partial charge in [0.1, 0.15) is 17.9 Å². The van der Waals surface area contributed by atoms with Crippen LogP contribution in [0.4, 0.5) is 0 Å². The Hall–Kier alpha value is -1.64. The molecular weight excluding hydrogens is 298 g/mol. The third kappa shape index (κ3) is 4.42. The molecule has 0 saturated carbocycles. The monoisotopic (exact) mass is 317 g/mol. The minimum atomic E-state index is -3.69. The predicted octanol–water partition coefficient (Wildman–Crippen LogP) is 1.05. The molecule has 7 nitrogen and oxygen atoms in total. The largest absolute Gasteiger partial charge is 0.490 e. The first-order valence-corrected chi connectivity index (χ1v) is 7.75. The van der Waals surface area contributed by atoms with Crippen LogP contribution in [0, 0.1) is 0 Å². The summed E-state index contributed by atoms with van der Waals surface area (Å²) in [6.07, 6.45) is 0. The van der Waals surface area contributed by atoms with Crippen LogP contribution in [0.2, 0.25) is 0 Å². The summed E-state index contributed by atoms with van der Waals surface area (Å²) < 4.78 is 35.4. The van der Waals surface area contributed by atoms with Crippen molar-refractivity contribution in [3.05, 3.63) is 23.8 Å². The molecule has 0 aliphatic carbocycles. The molecular formula is C13H19NO6S. The van der Waals surface area contributed by atoms with Crippen molar-refractivity contribution in [2.45, 2.75) is 11.8 Å². The average Bonchev–Trinajstić information content (AvgIpc) is 2.43. The first kappa shape index (κ1) is 17.4. The second-order valence-electron chi connectivity index (χ2n) is 4.30. The van der Waals surface area contributed by atoms with Crippen LogP contribution in [-0.2, 0) is 14.8 Å². The Labute approximate surface area is 124 Å². The van der Waals surface area contributed by atoms with Crippen molar-refractivity contribution < 1.29 is 27.8 Å². The van der Waals surface area contributed by atoms with Gasteiger partial charge in [-0.3, -0.25) is 0 Å². The number of carboxylic acids is 1. The van der Waals surface area contributed by atoms with E-state index in [1.807, 2.05) is 6.92 Å². The van der Waals surface area contributed by atoms with Crippen LogP contribution in [0.5, 0.6) is 5.75 Å². The molecule has 0 spiro atoms. The Morgan fingerprint density at radius 1 is 1.29 bits per heavy atom. The fourth-order valence-electron chi connectivity index (χ4n) is 1.53. The van der Waals surface area contributed by atoms with Crippen LogP contribution in [0.25, 0.3) is 0 Å². The van der Waals surface area contributed by atoms with E-state index in [0.29, 0.717) is 13.2 Å². The third-order valence-corrected chi connectivity index (χ3v) is 4.46. The first-order chi connectivity index (χ1) is 9.80. The predicted molar refractivity (Wildman–Crippen MR) is 76.3 cm³/mol. The summed E-state index contributed by atoms with van der Waals surface area (Å²) in [5, 5.41) is 9.18. The molecule has 0 atom stereocenters. The zero-order valence-electron chi connectivity index (χ0n) is 12.2. The lowest BCUT2D eigenvalue weighted by Crippen LogP contribution is -2.22. The number of sulfonamides is 1. The molecule has 0 amide bonds. The van der Waals surface area contributed by atoms with E-state index in [0.717, 1.165) is 10.4 Å². The lowest BCUT2D eigenvalue weighted by molar-refractivity contribution is 0.0686. The van der Waals surface area contributed by atoms with Crippen LogP contribution >= 0.6 is 0 Å². The number of carboxylic acid groups (broad SMARTS) is 1. The minimum absolute atomic E-state index is 0.0953. The van der Waals surface area contributed by atoms with Gasteiger partial charge < -0.3 is 14.6 Å². The molecule has 0 aromatic heterocycles. The Morgan fingerprint density at radius 3 is 2.48 bits per heavy atom. The van der Waals surface area contributed by atoms with Gasteiger partial charge in [-0.1, -0.05) is 0 Å². The van der Waals surface area contributed by atoms with Crippen LogP contribution in [-0.4, -0.2) is 57.7 Å². The van der Waals surface area contributed by atoms with E-state index in [2.05, 4.69) is 0 Å². The number of benzene rings is 1. The fraction of sp³-hybridized carbons (Fsp3) is 0.462. The molecule has 1 N–H and O–H groups in total. The Morgan fingerprint density at radius 2 is 1.95 bits per heavy atom. The van der Waals surface area contributed by atoms with Crippen molar-refractivity contribution in [2.75, 3.05) is 33.9 Å². The molecule has 21 heavy (non-hydrogen) atoms. The highest BCUT2D eigenvalue weighted by Crippen LogP contribution is 2.24. The topological polar surface area (TPSA) is 93.1 Å². The maximum Gasteiger partial charge on any atom is 0.339 e. The number of hydrogen-bond donors (Lipinski definition) is 1. The molecule has 118 valence electrons. The van der Waals surface area contributed by atoms with E-state index in [4.69, 9.17) is 9.47 Å². The van der Waals surface area contributed by atoms with Gasteiger partial charge in [0.05, 0.1) is 11.5 Å². The van der Waals surface area contributed by atoms with E-state index in [1.54, 1.807) is 0 Å². The highest BCUT2D eigenvalue weighted by molar-refractivity contribution is 7.89. The number of ether oxygens (including phenoxy) is 2. The molecule has 0 bridgehead atoms. The molecule has 8 heteroatoms. The second-order valence-corrected chi connectivity index (χ2v) is 6.45. The summed E-state index contributed by atoms with van der Waals surface area (Å²) in [4.78, 5) is 11.1. The number of carbonyl (C=O) groups is 1. The molecule has 0 saturated heterocycles. The molecule has 0 heterocycles. The quantitative estimate of drug-likeness (QED) is 0.720. The summed E-state index contributed by atoms with van der Waals surface area (Å²) in [6.45, 7) is 2.89. The molecule has 0 aliphatic rings. The molecule has 1 aromatic rings. The van der Waals surface area contributed by atoms with Gasteiger partial charge in [-0.2, -0.15) is 0 Å². The van der Waals surface area contributed by atoms with E-state index >= 15 is 0 Å². The molecule has 1 aromatic carbocycles. The SMILES string of the molecule is CCOCCOc1ccc(S(=O)(=O)N(C)C)cc1C(=O)O. The molecule has 0 fully saturated rings. The van der Waals surface area contributed by atoms with Crippen molar-refractivity contribution in [2.24, 2.45) is 0 Å². The minimum Gasteiger partial charge on any atom is -0.490 e. The lowest BCUT2D eigenvalue weighted by atomic mass is 10.2. The normalized spacial score (nSPS) is 11.6. The molecule has 1 rings (SSSR count). The fourth-order valence-corrected chi connectivity index (χ4v) is 2.46. The summed E-state index contributed by atoms with van der Waals surface area (Å²) in [5.41, 5.74) is -0.200. The Bertz CT molecular complexity index is 597. The standard InChI is InChI=1S/C13H19NO6S/c1-4-19-7-8-20-12-6-5-10(9-11(12)13(15)16)21(17,18)14(2)3/h5-6,9H,4,7-8H2,1-3H3,(H,15,16). The van der Waals surface area contributed by atoms with Gasteiger partial charge in [0.15, 0.2) is 0 Å². The van der Waals surface area contributed by atoms with Crippen LogP contribution in [0.15, 0.2) is 23.1 Å². The molecule has 0 radical (unpaired) electrons. The zero-order valence-corrected chi connectivity index (χ0v) is 13.0. The van der Waals surface area contributed by atoms with Gasteiger partial charge in [-0.25, -0.2) is 17.5 Å². The van der Waals surface area contributed by atoms with Crippen molar-refractivity contribution in [3.8, 4) is 5.75 Å². The van der Waals surface area contributed by atoms with Crippen molar-refractivity contribution in [1.82, 2.24) is 4.31 Å². The van der Waals surface area contributed by atoms with Gasteiger partial charge in [-0.15, -0.1) is 0 Å². The van der Waals surface area contributed by atoms with Crippen LogP contribution in [0.1, 0.15) is 17.3 Å². The van der Waals surface area contributed by atoms with Gasteiger partial charge >= 0.3 is 5.97 Å². The van der Waals surface area contributed by atoms with Gasteiger partial charge in [0.2, 0.25) is 10.0 Å². The first-order valence-electron chi connectivity index (χ1n) is 6.31. The number of nitrogens with zero attached hydrogens (tertiary/aromatic N) is 1. The summed E-state index contributed by atoms with van der Waals surface area (Å²) >= 11 is 0. The maximum absolute atomic E-state index is 12.0. The molecule has 0 unspecified atom stereocenters. The summed E-state index contributed by atoms with van der Waals surface area (Å²) in [6, 6.07) is 3.75. The van der Waals surface area contributed by atoms with E-state index in [-0.39, 0.29) is 22.8 Å². The van der Waals surface area contributed by atoms with Crippen molar-refractivity contribution >= 4 is 16.0 Å². The smallest absolute Gasteiger partial charge is 0.339 e. The molecule has 0 aliphatic heterocycles. The van der Waals surface area contributed by atoms with Crippen LogP contribution < -0.4 is 4.74 Å². The summed E-state index contributed by atoms with van der Waals surface area (Å²) in [7, 11) is -0.935. The van der Waals surface area contributed by atoms with Gasteiger partial charge in [-0.05, 0) is 25.1 Å². The van der Waals surface area contributed by atoms with Crippen molar-refractivity contribution in [1.29, 1.82) is 0 Å². The Kier molecular flexibility index (Phi) is 6.13. The second kappa shape index (κ2) is 7.39. The lowest BCUT2D eigenvalue weighted by Gasteiger charge is -2.14. The highest BCUT2D eigenvalue weighted by atomic mass is 32.2. The zero-order chi connectivity index (χ0) is 16.0. The number of rotatable bonds is 8.